The van der Waals surface area contributed by atoms with Crippen LogP contribution in [0.3, 0.4) is 0 Å². The molecule has 1 aromatic heterocycles. The topological polar surface area (TPSA) is 66.4 Å². The Kier molecular flexibility index (Phi) is 4.45. The minimum absolute atomic E-state index is 0.0165. The summed E-state index contributed by atoms with van der Waals surface area (Å²) in [5.74, 6) is 0.0978. The number of aromatic nitrogens is 1. The minimum atomic E-state index is 0.0165. The van der Waals surface area contributed by atoms with Gasteiger partial charge >= 0.3 is 0 Å². The second-order valence-electron chi connectivity index (χ2n) is 7.50. The normalized spacial score (nSPS) is 19.9. The molecule has 0 spiro atoms. The highest BCUT2D eigenvalue weighted by Gasteiger charge is 2.39. The number of carbonyl (C=O) groups is 1. The molecule has 5 rings (SSSR count). The fraction of sp³-hybridized carbons (Fsp3) is 0.208. The zero-order valence-electron chi connectivity index (χ0n) is 16.2. The highest BCUT2D eigenvalue weighted by Crippen LogP contribution is 2.44. The van der Waals surface area contributed by atoms with Crippen LogP contribution in [0.15, 0.2) is 72.0 Å². The molecule has 0 saturated heterocycles. The van der Waals surface area contributed by atoms with Crippen LogP contribution in [0.2, 0.25) is 0 Å². The van der Waals surface area contributed by atoms with Gasteiger partial charge in [0.1, 0.15) is 6.54 Å². The summed E-state index contributed by atoms with van der Waals surface area (Å²) in [7, 11) is 1.95. The van der Waals surface area contributed by atoms with Gasteiger partial charge in [-0.25, -0.2) is 0 Å². The molecule has 3 aromatic rings. The molecule has 2 aliphatic heterocycles. The lowest BCUT2D eigenvalue weighted by Crippen LogP contribution is -2.36. The van der Waals surface area contributed by atoms with Gasteiger partial charge in [0.05, 0.1) is 17.7 Å². The number of nitrogens with zero attached hydrogens (tertiary/aromatic N) is 2. The first-order valence-electron chi connectivity index (χ1n) is 9.87. The number of rotatable bonds is 4. The predicted octanol–water partition coefficient (Wildman–Crippen LogP) is 3.74. The van der Waals surface area contributed by atoms with E-state index >= 15 is 0 Å². The Labute approximate surface area is 169 Å². The number of pyridine rings is 1. The molecule has 5 nitrogen and oxygen atoms in total. The number of hydrogen-bond donors (Lipinski definition) is 2. The molecular weight excluding hydrogens is 360 g/mol. The molecule has 3 heterocycles. The van der Waals surface area contributed by atoms with Gasteiger partial charge in [-0.2, -0.15) is 0 Å². The van der Waals surface area contributed by atoms with E-state index in [1.54, 1.807) is 0 Å². The average molecular weight is 382 g/mol. The summed E-state index contributed by atoms with van der Waals surface area (Å²) in [4.78, 5) is 21.4. The number of hydrogen-bond acceptors (Lipinski definition) is 5. The molecule has 0 bridgehead atoms. The summed E-state index contributed by atoms with van der Waals surface area (Å²) in [5, 5.41) is 6.88. The maximum atomic E-state index is 12.5. The van der Waals surface area contributed by atoms with E-state index in [4.69, 9.17) is 4.99 Å². The van der Waals surface area contributed by atoms with Gasteiger partial charge in [0.15, 0.2) is 5.78 Å². The van der Waals surface area contributed by atoms with E-state index in [0.717, 1.165) is 34.6 Å². The van der Waals surface area contributed by atoms with Crippen molar-refractivity contribution in [1.82, 2.24) is 10.3 Å². The van der Waals surface area contributed by atoms with Gasteiger partial charge in [0.2, 0.25) is 0 Å². The third-order valence-electron chi connectivity index (χ3n) is 5.74. The zero-order valence-corrected chi connectivity index (χ0v) is 16.2. The van der Waals surface area contributed by atoms with E-state index < -0.39 is 0 Å². The summed E-state index contributed by atoms with van der Waals surface area (Å²) in [5.41, 5.74) is 7.27. The highest BCUT2D eigenvalue weighted by molar-refractivity contribution is 6.21. The van der Waals surface area contributed by atoms with Crippen LogP contribution < -0.4 is 10.6 Å². The van der Waals surface area contributed by atoms with E-state index in [-0.39, 0.29) is 24.3 Å². The second kappa shape index (κ2) is 7.26. The monoisotopic (exact) mass is 382 g/mol. The van der Waals surface area contributed by atoms with E-state index in [9.17, 15) is 4.79 Å². The predicted molar refractivity (Wildman–Crippen MR) is 115 cm³/mol. The Morgan fingerprint density at radius 2 is 1.83 bits per heavy atom. The summed E-state index contributed by atoms with van der Waals surface area (Å²) in [6.07, 6.45) is 3.64. The SMILES string of the molecule is CNCc1ccc(C2C3=NCC(=O)c4cccc(c43)NC2c2ccncc2)cc1. The van der Waals surface area contributed by atoms with E-state index in [1.807, 2.05) is 49.8 Å². The minimum Gasteiger partial charge on any atom is -0.377 e. The molecule has 0 fully saturated rings. The van der Waals surface area contributed by atoms with Gasteiger partial charge in [-0.05, 0) is 41.9 Å². The van der Waals surface area contributed by atoms with Crippen molar-refractivity contribution in [2.75, 3.05) is 18.9 Å². The first-order valence-corrected chi connectivity index (χ1v) is 9.87. The van der Waals surface area contributed by atoms with Crippen LogP contribution in [-0.4, -0.2) is 30.1 Å². The average Bonchev–Trinajstić information content (AvgIpc) is 2.77. The van der Waals surface area contributed by atoms with Gasteiger partial charge in [-0.1, -0.05) is 36.4 Å². The number of carbonyl (C=O) groups excluding carboxylic acids is 1. The molecule has 0 amide bonds. The van der Waals surface area contributed by atoms with Crippen LogP contribution in [-0.2, 0) is 6.54 Å². The molecule has 2 unspecified atom stereocenters. The lowest BCUT2D eigenvalue weighted by atomic mass is 9.75. The zero-order chi connectivity index (χ0) is 19.8. The molecule has 29 heavy (non-hydrogen) atoms. The summed E-state index contributed by atoms with van der Waals surface area (Å²) < 4.78 is 0. The van der Waals surface area contributed by atoms with Crippen molar-refractivity contribution < 1.29 is 4.79 Å². The molecule has 2 N–H and O–H groups in total. The van der Waals surface area contributed by atoms with Crippen molar-refractivity contribution in [2.24, 2.45) is 4.99 Å². The molecule has 0 saturated carbocycles. The van der Waals surface area contributed by atoms with Crippen molar-refractivity contribution in [1.29, 1.82) is 0 Å². The number of benzene rings is 2. The second-order valence-corrected chi connectivity index (χ2v) is 7.50. The number of ketones is 1. The Hall–Kier alpha value is -3.31. The first-order chi connectivity index (χ1) is 14.3. The van der Waals surface area contributed by atoms with Gasteiger partial charge in [0.25, 0.3) is 0 Å². The molecule has 2 atom stereocenters. The fourth-order valence-corrected chi connectivity index (χ4v) is 4.41. The Bertz CT molecular complexity index is 1090. The fourth-order valence-electron chi connectivity index (χ4n) is 4.41. The number of Topliss-reactive ketones (excluding diaryl/α,β-unsaturated/α-hetero) is 1. The van der Waals surface area contributed by atoms with Gasteiger partial charge in [-0.15, -0.1) is 0 Å². The van der Waals surface area contributed by atoms with Crippen molar-refractivity contribution in [3.8, 4) is 0 Å². The number of nitrogens with one attached hydrogen (secondary N) is 2. The summed E-state index contributed by atoms with van der Waals surface area (Å²) >= 11 is 0. The van der Waals surface area contributed by atoms with Crippen LogP contribution in [0.5, 0.6) is 0 Å². The Morgan fingerprint density at radius 3 is 2.59 bits per heavy atom. The van der Waals surface area contributed by atoms with E-state index in [2.05, 4.69) is 39.9 Å². The number of aliphatic imine (C=N–C) groups is 1. The van der Waals surface area contributed by atoms with Crippen molar-refractivity contribution in [3.05, 3.63) is 94.8 Å². The van der Waals surface area contributed by atoms with Crippen molar-refractivity contribution in [2.45, 2.75) is 18.5 Å². The lowest BCUT2D eigenvalue weighted by Gasteiger charge is -2.38. The first kappa shape index (κ1) is 17.8. The quantitative estimate of drug-likeness (QED) is 0.721. The van der Waals surface area contributed by atoms with Crippen LogP contribution in [0.25, 0.3) is 0 Å². The smallest absolute Gasteiger partial charge is 0.184 e. The molecule has 5 heteroatoms. The van der Waals surface area contributed by atoms with Gasteiger partial charge < -0.3 is 10.6 Å². The summed E-state index contributed by atoms with van der Waals surface area (Å²) in [6.45, 7) is 1.04. The van der Waals surface area contributed by atoms with Gasteiger partial charge in [0, 0.05) is 35.8 Å². The van der Waals surface area contributed by atoms with Crippen LogP contribution in [0.1, 0.15) is 44.6 Å². The lowest BCUT2D eigenvalue weighted by molar-refractivity contribution is 0.1000. The Balaban J connectivity index is 1.67. The summed E-state index contributed by atoms with van der Waals surface area (Å²) in [6, 6.07) is 18.7. The Morgan fingerprint density at radius 1 is 1.03 bits per heavy atom. The maximum Gasteiger partial charge on any atom is 0.184 e. The standard InChI is InChI=1S/C24H22N4O/c1-25-13-15-5-7-16(8-6-15)21-23(17-9-11-26-12-10-17)28-19-4-2-3-18-20(29)14-27-24(21)22(18)19/h2-12,21,23,25,28H,13-14H2,1H3. The molecule has 0 radical (unpaired) electrons. The van der Waals surface area contributed by atoms with Crippen molar-refractivity contribution >= 4 is 17.2 Å². The van der Waals surface area contributed by atoms with Crippen LogP contribution >= 0.6 is 0 Å². The third kappa shape index (κ3) is 3.04. The van der Waals surface area contributed by atoms with Crippen molar-refractivity contribution in [3.63, 3.8) is 0 Å². The maximum absolute atomic E-state index is 12.5. The molecule has 2 aliphatic rings. The molecule has 0 aliphatic carbocycles. The molecule has 2 aromatic carbocycles. The third-order valence-corrected chi connectivity index (χ3v) is 5.74. The van der Waals surface area contributed by atoms with E-state index in [0.29, 0.717) is 0 Å². The van der Waals surface area contributed by atoms with Crippen LogP contribution in [0, 0.1) is 0 Å². The molecule has 144 valence electrons. The molecular formula is C24H22N4O. The van der Waals surface area contributed by atoms with Gasteiger partial charge in [-0.3, -0.25) is 14.8 Å². The van der Waals surface area contributed by atoms with E-state index in [1.165, 1.54) is 11.1 Å². The largest absolute Gasteiger partial charge is 0.377 e. The number of anilines is 1. The van der Waals surface area contributed by atoms with Crippen LogP contribution in [0.4, 0.5) is 5.69 Å². The highest BCUT2D eigenvalue weighted by atomic mass is 16.1.